The highest BCUT2D eigenvalue weighted by atomic mass is 127. The van der Waals surface area contributed by atoms with Crippen LogP contribution in [0.1, 0.15) is 47.2 Å². The Morgan fingerprint density at radius 1 is 0.672 bits per heavy atom. The van der Waals surface area contributed by atoms with Gasteiger partial charge >= 0.3 is 0 Å². The van der Waals surface area contributed by atoms with Gasteiger partial charge in [-0.1, -0.05) is 0 Å². The molecule has 0 aliphatic carbocycles. The van der Waals surface area contributed by atoms with Crippen molar-refractivity contribution in [2.75, 3.05) is 45.1 Å². The van der Waals surface area contributed by atoms with Crippen molar-refractivity contribution in [1.82, 2.24) is 15.4 Å². The second-order valence-corrected chi connectivity index (χ2v) is 21.5. The summed E-state index contributed by atoms with van der Waals surface area (Å²) < 4.78 is 112. The molecule has 336 valence electrons. The molecule has 4 unspecified atom stereocenters. The van der Waals surface area contributed by atoms with Crippen LogP contribution < -0.4 is 30.6 Å². The lowest BCUT2D eigenvalue weighted by Crippen LogP contribution is -2.49. The number of benzene rings is 4. The van der Waals surface area contributed by atoms with Crippen LogP contribution in [0.2, 0.25) is 0 Å². The average Bonchev–Trinajstić information content (AvgIpc) is 3.14. The number of ether oxygens (including phenoxy) is 2. The van der Waals surface area contributed by atoms with Crippen molar-refractivity contribution in [2.24, 2.45) is 5.73 Å². The van der Waals surface area contributed by atoms with Gasteiger partial charge in [0.2, 0.25) is 10.0 Å². The summed E-state index contributed by atoms with van der Waals surface area (Å²) in [7, 11) is -6.32. The summed E-state index contributed by atoms with van der Waals surface area (Å²) in [6.45, 7) is 1.50. The van der Waals surface area contributed by atoms with Gasteiger partial charge in [-0.15, -0.1) is 0 Å². The van der Waals surface area contributed by atoms with Gasteiger partial charge in [0.1, 0.15) is 44.6 Å². The van der Waals surface area contributed by atoms with Crippen LogP contribution >= 0.6 is 45.2 Å². The van der Waals surface area contributed by atoms with Crippen LogP contribution in [0.3, 0.4) is 0 Å². The summed E-state index contributed by atoms with van der Waals surface area (Å²) in [6.07, 6.45) is 2.95. The molecule has 0 fully saturated rings. The van der Waals surface area contributed by atoms with Gasteiger partial charge in [-0.05, 0) is 130 Å². The molecule has 0 bridgehead atoms. The lowest BCUT2D eigenvalue weighted by atomic mass is 9.98. The Morgan fingerprint density at radius 3 is 1.48 bits per heavy atom. The molecule has 0 aromatic heterocycles. The second kappa shape index (κ2) is 23.3. The van der Waals surface area contributed by atoms with Crippen molar-refractivity contribution in [3.63, 3.8) is 0 Å². The predicted octanol–water partition coefficient (Wildman–Crippen LogP) is 5.08. The zero-order valence-corrected chi connectivity index (χ0v) is 39.5. The molecule has 4 aromatic rings. The normalized spacial score (nSPS) is 18.0. The highest BCUT2D eigenvalue weighted by molar-refractivity contribution is 14.1. The smallest absolute Gasteiger partial charge is 0.209 e. The van der Waals surface area contributed by atoms with Gasteiger partial charge in [-0.3, -0.25) is 0 Å². The number of fused-ring (bicyclic) bond motifs is 2. The first-order valence-corrected chi connectivity index (χ1v) is 25.3. The minimum absolute atomic E-state index is 0.0626. The maximum absolute atomic E-state index is 13.5. The molecule has 2 aliphatic rings. The number of halogens is 6. The minimum Gasteiger partial charge on any atom is -0.493 e. The topological polar surface area (TPSA) is 189 Å². The third kappa shape index (κ3) is 18.1. The second-order valence-electron chi connectivity index (χ2n) is 15.0. The average molecular weight is 1120 g/mol. The molecule has 0 amide bonds. The van der Waals surface area contributed by atoms with Crippen LogP contribution in [0.15, 0.2) is 72.8 Å². The number of hydrogen-bond acceptors (Lipinski definition) is 11. The molecule has 6 rings (SSSR count). The van der Waals surface area contributed by atoms with Crippen LogP contribution in [-0.2, 0) is 32.7 Å². The maximum atomic E-state index is 13.5. The number of hydrogen-bond donors (Lipinski definition) is 6. The Morgan fingerprint density at radius 2 is 1.07 bits per heavy atom. The van der Waals surface area contributed by atoms with Gasteiger partial charge in [0.25, 0.3) is 0 Å². The SMILES string of the molecule is CS(=O)(=O)NC(Cc1cc(F)cc(F)c1)C(O)CN[C@H]1CCOc2ccc(I)cc21.CS(C)(=O)=O.NC(Cc1cc(F)cc(F)c1)C(O)CN[C@H]1CCOc2ccc(I)cc21. The summed E-state index contributed by atoms with van der Waals surface area (Å²) in [6, 6.07) is 16.5. The first kappa shape index (κ1) is 51.0. The molecular weight excluding hydrogens is 1070 g/mol. The molecule has 0 saturated carbocycles. The highest BCUT2D eigenvalue weighted by Crippen LogP contribution is 2.34. The number of rotatable bonds is 14. The molecule has 2 aliphatic heterocycles. The Kier molecular flexibility index (Phi) is 19.5. The van der Waals surface area contributed by atoms with E-state index >= 15 is 0 Å². The highest BCUT2D eigenvalue weighted by Gasteiger charge is 2.28. The Bertz CT molecular complexity index is 2270. The van der Waals surface area contributed by atoms with E-state index in [1.54, 1.807) is 0 Å². The fourth-order valence-electron chi connectivity index (χ4n) is 6.63. The van der Waals surface area contributed by atoms with Gasteiger partial charge in [-0.25, -0.2) is 39.1 Å². The first-order chi connectivity index (χ1) is 28.5. The van der Waals surface area contributed by atoms with E-state index in [1.807, 2.05) is 30.3 Å². The van der Waals surface area contributed by atoms with Crippen molar-refractivity contribution in [1.29, 1.82) is 0 Å². The van der Waals surface area contributed by atoms with Crippen molar-refractivity contribution >= 4 is 65.0 Å². The summed E-state index contributed by atoms with van der Waals surface area (Å²) in [5, 5.41) is 27.6. The Hall–Kier alpha value is -2.68. The standard InChI is InChI=1S/C20H23F2IN2O4S.C19H21F2IN2O2.C2H6O2S/c1-30(27,28)25-18(8-12-6-13(21)9-14(22)7-12)19(26)11-24-17-4-5-29-20-3-2-15(23)10-16(17)20;20-12-5-11(6-13(21)8-12)7-16(23)18(25)10-24-17-3-4-26-19-2-1-14(22)9-15(17)19;1-5(2,3)4/h2-3,6-7,9-10,17-19,24-26H,4-5,8,11H2,1H3;1-2,5-6,8-9,16-18,24-25H,3-4,7,10,23H2;1-2H3/t17-,18?,19?;16?,17-,18?;/m00./s1. The van der Waals surface area contributed by atoms with Crippen LogP contribution in [0, 0.1) is 30.4 Å². The number of aliphatic hydroxyl groups excluding tert-OH is 2. The van der Waals surface area contributed by atoms with Crippen LogP contribution in [0.4, 0.5) is 17.6 Å². The van der Waals surface area contributed by atoms with Crippen LogP contribution in [0.25, 0.3) is 0 Å². The van der Waals surface area contributed by atoms with E-state index in [2.05, 4.69) is 66.6 Å². The Balaban J connectivity index is 0.000000244. The fraction of sp³-hybridized carbons (Fsp3) is 0.415. The van der Waals surface area contributed by atoms with Gasteiger partial charge in [-0.2, -0.15) is 0 Å². The van der Waals surface area contributed by atoms with E-state index in [9.17, 15) is 44.6 Å². The fourth-order valence-corrected chi connectivity index (χ4v) is 8.45. The molecule has 4 aromatic carbocycles. The van der Waals surface area contributed by atoms with Crippen molar-refractivity contribution < 1.29 is 54.1 Å². The van der Waals surface area contributed by atoms with E-state index in [4.69, 9.17) is 15.2 Å². The van der Waals surface area contributed by atoms with Gasteiger partial charge in [0.15, 0.2) is 0 Å². The zero-order chi connectivity index (χ0) is 45.1. The monoisotopic (exact) mass is 1120 g/mol. The third-order valence-electron chi connectivity index (χ3n) is 9.27. The third-order valence-corrected chi connectivity index (χ3v) is 11.3. The van der Waals surface area contributed by atoms with Gasteiger partial charge < -0.3 is 36.1 Å². The number of sulfonamides is 1. The molecule has 7 N–H and O–H groups in total. The maximum Gasteiger partial charge on any atom is 0.209 e. The van der Waals surface area contributed by atoms with Crippen molar-refractivity contribution in [2.45, 2.75) is 62.1 Å². The molecule has 61 heavy (non-hydrogen) atoms. The van der Waals surface area contributed by atoms with E-state index in [0.29, 0.717) is 25.2 Å². The lowest BCUT2D eigenvalue weighted by Gasteiger charge is -2.30. The molecule has 20 heteroatoms. The van der Waals surface area contributed by atoms with Crippen molar-refractivity contribution in [3.05, 3.63) is 125 Å². The predicted molar refractivity (Wildman–Crippen MR) is 243 cm³/mol. The summed E-state index contributed by atoms with van der Waals surface area (Å²) in [5.74, 6) is -1.19. The summed E-state index contributed by atoms with van der Waals surface area (Å²) >= 11 is 4.46. The molecule has 2 heterocycles. The van der Waals surface area contributed by atoms with E-state index in [0.717, 1.165) is 79.2 Å². The first-order valence-electron chi connectivity index (χ1n) is 19.0. The number of nitrogens with one attached hydrogen (secondary N) is 3. The number of nitrogens with two attached hydrogens (primary N) is 1. The lowest BCUT2D eigenvalue weighted by molar-refractivity contribution is 0.127. The number of sulfone groups is 1. The quantitative estimate of drug-likeness (QED) is 0.0731. The number of aliphatic hydroxyl groups is 2. The molecule has 0 spiro atoms. The molecule has 6 atom stereocenters. The molecular formula is C41H50F4I2N4O8S2. The minimum atomic E-state index is -3.65. The van der Waals surface area contributed by atoms with Crippen LogP contribution in [-0.4, -0.2) is 96.4 Å². The molecule has 0 radical (unpaired) electrons. The molecule has 0 saturated heterocycles. The van der Waals surface area contributed by atoms with Crippen LogP contribution in [0.5, 0.6) is 11.5 Å². The van der Waals surface area contributed by atoms with Crippen molar-refractivity contribution in [3.8, 4) is 11.5 Å². The summed E-state index contributed by atoms with van der Waals surface area (Å²) in [4.78, 5) is 0. The summed E-state index contributed by atoms with van der Waals surface area (Å²) in [5.41, 5.74) is 8.74. The molecule has 12 nitrogen and oxygen atoms in total. The Labute approximate surface area is 381 Å². The van der Waals surface area contributed by atoms with Gasteiger partial charge in [0.05, 0.1) is 37.7 Å². The van der Waals surface area contributed by atoms with E-state index in [1.165, 1.54) is 12.1 Å². The largest absolute Gasteiger partial charge is 0.493 e. The van der Waals surface area contributed by atoms with Gasteiger partial charge in [0, 0.05) is 87.0 Å². The van der Waals surface area contributed by atoms with E-state index in [-0.39, 0.29) is 43.6 Å². The van der Waals surface area contributed by atoms with E-state index < -0.39 is 67.4 Å². The zero-order valence-electron chi connectivity index (χ0n) is 33.6.